The van der Waals surface area contributed by atoms with E-state index in [1.54, 1.807) is 81.6 Å². The highest BCUT2D eigenvalue weighted by Crippen LogP contribution is 2.32. The van der Waals surface area contributed by atoms with Crippen LogP contribution in [0.25, 0.3) is 17.4 Å². The summed E-state index contributed by atoms with van der Waals surface area (Å²) in [6.07, 6.45) is 1.59. The maximum atomic E-state index is 13.7. The number of allylic oxidation sites excluding steroid dienone is 1. The molecular weight excluding hydrogens is 520 g/mol. The number of benzene rings is 2. The lowest BCUT2D eigenvalue weighted by molar-refractivity contribution is -0.139. The third-order valence-electron chi connectivity index (χ3n) is 6.27. The molecule has 1 aliphatic heterocycles. The van der Waals surface area contributed by atoms with Crippen LogP contribution in [0.1, 0.15) is 41.6 Å². The quantitative estimate of drug-likeness (QED) is 0.352. The van der Waals surface area contributed by atoms with Crippen molar-refractivity contribution in [3.8, 4) is 17.1 Å². The summed E-state index contributed by atoms with van der Waals surface area (Å²) in [5.41, 5.74) is 1.64. The van der Waals surface area contributed by atoms with Gasteiger partial charge in [-0.15, -0.1) is 0 Å². The lowest BCUT2D eigenvalue weighted by atomic mass is 9.96. The molecule has 0 amide bonds. The van der Waals surface area contributed by atoms with Crippen molar-refractivity contribution in [2.75, 3.05) is 13.7 Å². The molecular formula is C29H24N2O7S. The van der Waals surface area contributed by atoms with E-state index in [2.05, 4.69) is 4.99 Å². The second-order valence-electron chi connectivity index (χ2n) is 8.63. The number of hydrogen-bond donors (Lipinski definition) is 1. The summed E-state index contributed by atoms with van der Waals surface area (Å²) in [5, 5.41) is 9.52. The summed E-state index contributed by atoms with van der Waals surface area (Å²) >= 11 is 1.17. The number of nitrogens with zero attached hydrogens (tertiary/aromatic N) is 2. The van der Waals surface area contributed by atoms with Gasteiger partial charge in [0.25, 0.3) is 5.56 Å². The van der Waals surface area contributed by atoms with Gasteiger partial charge >= 0.3 is 11.9 Å². The fourth-order valence-corrected chi connectivity index (χ4v) is 5.51. The van der Waals surface area contributed by atoms with Crippen molar-refractivity contribution in [2.45, 2.75) is 19.9 Å². The Balaban J connectivity index is 1.63. The Bertz CT molecular complexity index is 1790. The van der Waals surface area contributed by atoms with Gasteiger partial charge in [0, 0.05) is 11.6 Å². The lowest BCUT2D eigenvalue weighted by Gasteiger charge is -2.24. The van der Waals surface area contributed by atoms with Gasteiger partial charge in [-0.1, -0.05) is 41.7 Å². The maximum Gasteiger partial charge on any atom is 0.338 e. The van der Waals surface area contributed by atoms with E-state index in [1.807, 2.05) is 0 Å². The molecule has 2 aromatic heterocycles. The molecule has 0 radical (unpaired) electrons. The number of esters is 1. The van der Waals surface area contributed by atoms with E-state index in [1.165, 1.54) is 22.0 Å². The monoisotopic (exact) mass is 544 g/mol. The third kappa shape index (κ3) is 4.82. The molecule has 1 N–H and O–H groups in total. The second kappa shape index (κ2) is 10.6. The van der Waals surface area contributed by atoms with E-state index < -0.39 is 18.0 Å². The standard InChI is InChI=1S/C29H24N2O7S/c1-4-37-28(35)24-16(2)30-29-31(25(24)17-9-11-18(36-3)12-10-17)26(32)23(39-29)15-19-13-14-22(38-19)20-7-5-6-8-21(20)27(33)34/h5-15,25H,4H2,1-3H3,(H,33,34). The van der Waals surface area contributed by atoms with Crippen LogP contribution in [-0.4, -0.2) is 35.3 Å². The van der Waals surface area contributed by atoms with Gasteiger partial charge in [-0.2, -0.15) is 0 Å². The van der Waals surface area contributed by atoms with Crippen LogP contribution in [0.2, 0.25) is 0 Å². The number of carbonyl (C=O) groups is 2. The zero-order chi connectivity index (χ0) is 27.7. The van der Waals surface area contributed by atoms with Crippen molar-refractivity contribution in [2.24, 2.45) is 4.99 Å². The number of rotatable bonds is 7. The highest BCUT2D eigenvalue weighted by atomic mass is 32.1. The minimum absolute atomic E-state index is 0.110. The summed E-state index contributed by atoms with van der Waals surface area (Å²) in [6.45, 7) is 3.62. The number of carboxylic acids is 1. The zero-order valence-corrected chi connectivity index (χ0v) is 22.2. The van der Waals surface area contributed by atoms with E-state index in [0.29, 0.717) is 43.4 Å². The molecule has 4 aromatic rings. The van der Waals surface area contributed by atoms with Crippen LogP contribution in [0.15, 0.2) is 86.1 Å². The lowest BCUT2D eigenvalue weighted by Crippen LogP contribution is -2.39. The Morgan fingerprint density at radius 3 is 2.56 bits per heavy atom. The van der Waals surface area contributed by atoms with Crippen LogP contribution in [0.3, 0.4) is 0 Å². The summed E-state index contributed by atoms with van der Waals surface area (Å²) in [4.78, 5) is 43.4. The molecule has 1 aliphatic rings. The van der Waals surface area contributed by atoms with Crippen LogP contribution in [-0.2, 0) is 9.53 Å². The number of aromatic carboxylic acids is 1. The minimum Gasteiger partial charge on any atom is -0.497 e. The molecule has 0 bridgehead atoms. The van der Waals surface area contributed by atoms with Gasteiger partial charge in [0.1, 0.15) is 17.3 Å². The van der Waals surface area contributed by atoms with E-state index in [-0.39, 0.29) is 23.3 Å². The first-order chi connectivity index (χ1) is 18.8. The summed E-state index contributed by atoms with van der Waals surface area (Å²) in [5.74, 6) is -0.228. The number of carboxylic acid groups (broad SMARTS) is 1. The molecule has 5 rings (SSSR count). The number of carbonyl (C=O) groups excluding carboxylic acids is 1. The number of methoxy groups -OCH3 is 1. The van der Waals surface area contributed by atoms with Gasteiger partial charge in [-0.05, 0) is 49.7 Å². The van der Waals surface area contributed by atoms with Crippen molar-refractivity contribution in [1.82, 2.24) is 4.57 Å². The first kappa shape index (κ1) is 25.9. The fraction of sp³-hybridized carbons (Fsp3) is 0.172. The molecule has 0 saturated heterocycles. The van der Waals surface area contributed by atoms with Gasteiger partial charge in [-0.3, -0.25) is 9.36 Å². The Morgan fingerprint density at radius 1 is 1.13 bits per heavy atom. The molecule has 10 heteroatoms. The van der Waals surface area contributed by atoms with E-state index in [4.69, 9.17) is 13.9 Å². The summed E-state index contributed by atoms with van der Waals surface area (Å²) in [6, 6.07) is 16.3. The zero-order valence-electron chi connectivity index (χ0n) is 21.3. The average molecular weight is 545 g/mol. The Hall–Kier alpha value is -4.70. The van der Waals surface area contributed by atoms with Crippen LogP contribution in [0.5, 0.6) is 5.75 Å². The van der Waals surface area contributed by atoms with Crippen LogP contribution >= 0.6 is 11.3 Å². The van der Waals surface area contributed by atoms with Crippen LogP contribution in [0, 0.1) is 0 Å². The van der Waals surface area contributed by atoms with Crippen molar-refractivity contribution in [3.63, 3.8) is 0 Å². The van der Waals surface area contributed by atoms with Gasteiger partial charge in [0.15, 0.2) is 4.80 Å². The predicted molar refractivity (Wildman–Crippen MR) is 144 cm³/mol. The van der Waals surface area contributed by atoms with Gasteiger partial charge in [-0.25, -0.2) is 14.6 Å². The fourth-order valence-electron chi connectivity index (χ4n) is 4.48. The predicted octanol–water partition coefficient (Wildman–Crippen LogP) is 3.77. The maximum absolute atomic E-state index is 13.7. The second-order valence-corrected chi connectivity index (χ2v) is 9.64. The Morgan fingerprint density at radius 2 is 1.87 bits per heavy atom. The van der Waals surface area contributed by atoms with Crippen molar-refractivity contribution < 1.29 is 28.6 Å². The van der Waals surface area contributed by atoms with Gasteiger partial charge in [0.2, 0.25) is 0 Å². The molecule has 0 fully saturated rings. The normalized spacial score (nSPS) is 15.1. The van der Waals surface area contributed by atoms with Crippen LogP contribution < -0.4 is 19.6 Å². The van der Waals surface area contributed by atoms with Crippen LogP contribution in [0.4, 0.5) is 0 Å². The van der Waals surface area contributed by atoms with E-state index >= 15 is 0 Å². The van der Waals surface area contributed by atoms with Crippen molar-refractivity contribution in [1.29, 1.82) is 0 Å². The minimum atomic E-state index is -1.07. The van der Waals surface area contributed by atoms with Gasteiger partial charge in [0.05, 0.1) is 41.1 Å². The highest BCUT2D eigenvalue weighted by molar-refractivity contribution is 7.07. The highest BCUT2D eigenvalue weighted by Gasteiger charge is 2.33. The molecule has 198 valence electrons. The third-order valence-corrected chi connectivity index (χ3v) is 7.25. The molecule has 1 atom stereocenters. The summed E-state index contributed by atoms with van der Waals surface area (Å²) in [7, 11) is 1.56. The number of furan rings is 1. The Kier molecular flexibility index (Phi) is 7.03. The summed E-state index contributed by atoms with van der Waals surface area (Å²) < 4.78 is 18.3. The average Bonchev–Trinajstić information content (AvgIpc) is 3.52. The van der Waals surface area contributed by atoms with Crippen molar-refractivity contribution in [3.05, 3.63) is 109 Å². The smallest absolute Gasteiger partial charge is 0.338 e. The topological polar surface area (TPSA) is 120 Å². The first-order valence-electron chi connectivity index (χ1n) is 12.1. The molecule has 0 saturated carbocycles. The number of hydrogen-bond acceptors (Lipinski definition) is 8. The SMILES string of the molecule is CCOC(=O)C1=C(C)N=c2sc(=Cc3ccc(-c4ccccc4C(=O)O)o3)c(=O)n2C1c1ccc(OC)cc1. The Labute approximate surface area is 226 Å². The molecule has 0 aliphatic carbocycles. The first-order valence-corrected chi connectivity index (χ1v) is 12.9. The molecule has 9 nitrogen and oxygen atoms in total. The molecule has 3 heterocycles. The van der Waals surface area contributed by atoms with E-state index in [9.17, 15) is 19.5 Å². The number of aromatic nitrogens is 1. The number of ether oxygens (including phenoxy) is 2. The number of thiazole rings is 1. The molecule has 2 aromatic carbocycles. The number of fused-ring (bicyclic) bond motifs is 1. The molecule has 0 spiro atoms. The largest absolute Gasteiger partial charge is 0.497 e. The van der Waals surface area contributed by atoms with Gasteiger partial charge < -0.3 is 19.0 Å². The molecule has 39 heavy (non-hydrogen) atoms. The molecule has 1 unspecified atom stereocenters. The van der Waals surface area contributed by atoms with Crippen molar-refractivity contribution >= 4 is 29.4 Å². The van der Waals surface area contributed by atoms with E-state index in [0.717, 1.165) is 0 Å².